The zero-order chi connectivity index (χ0) is 43.8. The molecule has 0 saturated carbocycles. The van der Waals surface area contributed by atoms with Crippen LogP contribution in [0.3, 0.4) is 0 Å². The lowest BCUT2D eigenvalue weighted by atomic mass is 9.88. The van der Waals surface area contributed by atoms with Crippen LogP contribution in [0, 0.1) is 17.8 Å². The smallest absolute Gasteiger partial charge is 0.407 e. The molecule has 14 heteroatoms. The van der Waals surface area contributed by atoms with E-state index in [1.54, 1.807) is 58.9 Å². The number of esters is 1. The van der Waals surface area contributed by atoms with Gasteiger partial charge in [0.25, 0.3) is 0 Å². The fourth-order valence-electron chi connectivity index (χ4n) is 7.35. The summed E-state index contributed by atoms with van der Waals surface area (Å²) in [5, 5.41) is 20.4. The minimum absolute atomic E-state index is 0.0682. The lowest BCUT2D eigenvalue weighted by Gasteiger charge is -2.27. The van der Waals surface area contributed by atoms with Crippen LogP contribution in [-0.4, -0.2) is 72.1 Å². The summed E-state index contributed by atoms with van der Waals surface area (Å²) in [5.74, 6) is -3.87. The van der Waals surface area contributed by atoms with Gasteiger partial charge in [-0.25, -0.2) is 9.59 Å². The lowest BCUT2D eigenvalue weighted by molar-refractivity contribution is -0.157. The van der Waals surface area contributed by atoms with Crippen LogP contribution in [0.1, 0.15) is 102 Å². The van der Waals surface area contributed by atoms with Crippen molar-refractivity contribution in [2.45, 2.75) is 104 Å². The summed E-state index contributed by atoms with van der Waals surface area (Å²) >= 11 is 0. The fraction of sp³-hybridized carbons (Fsp3) is 0.478. The number of urea groups is 1. The molecule has 0 bridgehead atoms. The first-order valence-corrected chi connectivity index (χ1v) is 20.7. The van der Waals surface area contributed by atoms with E-state index in [1.807, 2.05) is 24.3 Å². The quantitative estimate of drug-likeness (QED) is 0.0492. The van der Waals surface area contributed by atoms with E-state index < -0.39 is 53.4 Å². The Bertz CT molecular complexity index is 1900. The molecule has 324 valence electrons. The van der Waals surface area contributed by atoms with E-state index in [2.05, 4.69) is 45.5 Å². The van der Waals surface area contributed by atoms with Crippen LogP contribution in [-0.2, 0) is 35.3 Å². The number of aliphatic hydroxyl groups is 1. The second kappa shape index (κ2) is 22.6. The lowest BCUT2D eigenvalue weighted by Crippen LogP contribution is -2.48. The molecule has 0 aromatic heterocycles. The summed E-state index contributed by atoms with van der Waals surface area (Å²) in [6.07, 6.45) is 0.914. The Kier molecular flexibility index (Phi) is 17.6. The first-order chi connectivity index (χ1) is 28.6. The summed E-state index contributed by atoms with van der Waals surface area (Å²) in [6.45, 7) is 9.32. The molecule has 3 atom stereocenters. The van der Waals surface area contributed by atoms with Gasteiger partial charge in [0.05, 0.1) is 19.1 Å². The van der Waals surface area contributed by atoms with Gasteiger partial charge in [0.15, 0.2) is 5.78 Å². The second-order valence-electron chi connectivity index (χ2n) is 16.6. The number of carbonyl (C=O) groups excluding carboxylic acids is 6. The molecule has 0 spiro atoms. The molecule has 0 unspecified atom stereocenters. The number of fused-ring (bicyclic) bond motifs is 3. The van der Waals surface area contributed by atoms with Crippen molar-refractivity contribution < 1.29 is 43.3 Å². The Morgan fingerprint density at radius 3 is 1.92 bits per heavy atom. The number of aliphatic hydroxyl groups excluding tert-OH is 1. The van der Waals surface area contributed by atoms with Crippen molar-refractivity contribution in [1.82, 2.24) is 16.0 Å². The minimum atomic E-state index is -0.961. The number of ether oxygens (including phenoxy) is 2. The standard InChI is InChI=1S/C46H61N5O9/c1-29(2)41(39(53)25-31(14-12-24-48-44(47)57)42(55)50-33-21-19-30(27-52)20-22-33)51-43(56)32(26-40(54)60-46(3,4)5)13-10-11-23-49-45(58)59-28-38-36-17-8-6-15-34(36)35-16-7-9-18-37(35)38/h6-9,15-22,29,31-32,38,41,52H,10-14,23-28H2,1-5H3,(H,49,58)(H,50,55)(H,51,56)(H3,47,48,57)/t31-,32-,41+/m1/s1. The average Bonchev–Trinajstić information content (AvgIpc) is 3.52. The van der Waals surface area contributed by atoms with Gasteiger partial charge in [-0.1, -0.05) is 80.9 Å². The number of ketones is 1. The summed E-state index contributed by atoms with van der Waals surface area (Å²) < 4.78 is 11.2. The van der Waals surface area contributed by atoms with Gasteiger partial charge in [0.2, 0.25) is 11.8 Å². The maximum atomic E-state index is 13.9. The Balaban J connectivity index is 1.35. The minimum Gasteiger partial charge on any atom is -0.460 e. The molecule has 0 heterocycles. The maximum Gasteiger partial charge on any atom is 0.407 e. The van der Waals surface area contributed by atoms with Gasteiger partial charge >= 0.3 is 18.1 Å². The number of unbranched alkanes of at least 4 members (excludes halogenated alkanes) is 1. The third kappa shape index (κ3) is 14.5. The van der Waals surface area contributed by atoms with E-state index in [4.69, 9.17) is 15.2 Å². The highest BCUT2D eigenvalue weighted by Gasteiger charge is 2.33. The zero-order valence-corrected chi connectivity index (χ0v) is 35.4. The third-order valence-electron chi connectivity index (χ3n) is 10.4. The van der Waals surface area contributed by atoms with Crippen LogP contribution in [0.4, 0.5) is 15.3 Å². The van der Waals surface area contributed by atoms with Crippen LogP contribution in [0.25, 0.3) is 11.1 Å². The van der Waals surface area contributed by atoms with Gasteiger partial charge in [-0.15, -0.1) is 0 Å². The van der Waals surface area contributed by atoms with Gasteiger partial charge < -0.3 is 41.6 Å². The van der Waals surface area contributed by atoms with Crippen LogP contribution < -0.4 is 27.0 Å². The summed E-state index contributed by atoms with van der Waals surface area (Å²) in [4.78, 5) is 78.3. The average molecular weight is 828 g/mol. The summed E-state index contributed by atoms with van der Waals surface area (Å²) in [5.41, 5.74) is 10.1. The Morgan fingerprint density at radius 2 is 1.33 bits per heavy atom. The number of rotatable bonds is 22. The number of hydrogen-bond donors (Lipinski definition) is 6. The van der Waals surface area contributed by atoms with Crippen molar-refractivity contribution in [1.29, 1.82) is 0 Å². The molecule has 7 N–H and O–H groups in total. The molecule has 5 amide bonds. The second-order valence-corrected chi connectivity index (χ2v) is 16.6. The molecule has 4 rings (SSSR count). The molecule has 0 fully saturated rings. The molecule has 1 aliphatic carbocycles. The van der Waals surface area contributed by atoms with Crippen LogP contribution in [0.2, 0.25) is 0 Å². The Labute approximate surface area is 352 Å². The highest BCUT2D eigenvalue weighted by Crippen LogP contribution is 2.44. The zero-order valence-electron chi connectivity index (χ0n) is 35.4. The van der Waals surface area contributed by atoms with Crippen molar-refractivity contribution in [3.05, 3.63) is 89.5 Å². The van der Waals surface area contributed by atoms with Crippen molar-refractivity contribution in [2.24, 2.45) is 23.5 Å². The van der Waals surface area contributed by atoms with Crippen molar-refractivity contribution in [3.8, 4) is 11.1 Å². The molecule has 14 nitrogen and oxygen atoms in total. The van der Waals surface area contributed by atoms with Crippen LogP contribution >= 0.6 is 0 Å². The fourth-order valence-corrected chi connectivity index (χ4v) is 7.35. The van der Waals surface area contributed by atoms with Crippen molar-refractivity contribution in [2.75, 3.05) is 25.0 Å². The first-order valence-electron chi connectivity index (χ1n) is 20.7. The Morgan fingerprint density at radius 1 is 0.750 bits per heavy atom. The van der Waals surface area contributed by atoms with Gasteiger partial charge in [-0.05, 0) is 92.3 Å². The topological polar surface area (TPSA) is 215 Å². The third-order valence-corrected chi connectivity index (χ3v) is 10.4. The van der Waals surface area contributed by atoms with Crippen molar-refractivity contribution in [3.63, 3.8) is 0 Å². The van der Waals surface area contributed by atoms with E-state index in [9.17, 15) is 33.9 Å². The summed E-state index contributed by atoms with van der Waals surface area (Å²) in [6, 6.07) is 21.2. The molecule has 0 radical (unpaired) electrons. The predicted octanol–water partition coefficient (Wildman–Crippen LogP) is 6.34. The van der Waals surface area contributed by atoms with Gasteiger partial charge in [0, 0.05) is 43.0 Å². The number of nitrogens with two attached hydrogens (primary N) is 1. The normalized spacial score (nSPS) is 13.6. The van der Waals surface area contributed by atoms with Gasteiger partial charge in [-0.2, -0.15) is 0 Å². The van der Waals surface area contributed by atoms with E-state index in [0.717, 1.165) is 22.3 Å². The number of Topliss-reactive ketones (excluding diaryl/α,β-unsaturated/α-hetero) is 1. The number of anilines is 1. The molecular formula is C46H61N5O9. The number of benzene rings is 3. The number of primary amides is 1. The molecule has 1 aliphatic rings. The SMILES string of the molecule is CC(C)[C@H](NC(=O)[C@H](CCCCNC(=O)OCC1c2ccccc2-c2ccccc21)CC(=O)OC(C)(C)C)C(=O)C[C@@H](CCCNC(N)=O)C(=O)Nc1ccc(CO)cc1. The molecule has 0 saturated heterocycles. The largest absolute Gasteiger partial charge is 0.460 e. The number of alkyl carbamates (subject to hydrolysis) is 1. The van der Waals surface area contributed by atoms with E-state index >= 15 is 0 Å². The van der Waals surface area contributed by atoms with Gasteiger partial charge in [-0.3, -0.25) is 19.2 Å². The molecule has 3 aromatic carbocycles. The van der Waals surface area contributed by atoms with Crippen LogP contribution in [0.5, 0.6) is 0 Å². The van der Waals surface area contributed by atoms with Crippen LogP contribution in [0.15, 0.2) is 72.8 Å². The van der Waals surface area contributed by atoms with E-state index in [0.29, 0.717) is 30.5 Å². The Hall–Kier alpha value is -5.76. The highest BCUT2D eigenvalue weighted by molar-refractivity contribution is 5.97. The molecule has 0 aliphatic heterocycles. The molecular weight excluding hydrogens is 767 g/mol. The van der Waals surface area contributed by atoms with E-state index in [-0.39, 0.29) is 69.6 Å². The number of hydrogen-bond acceptors (Lipinski definition) is 9. The molecule has 60 heavy (non-hydrogen) atoms. The van der Waals surface area contributed by atoms with Gasteiger partial charge in [0.1, 0.15) is 12.2 Å². The molecule has 3 aromatic rings. The maximum absolute atomic E-state index is 13.9. The number of carbonyl (C=O) groups is 6. The summed E-state index contributed by atoms with van der Waals surface area (Å²) in [7, 11) is 0. The number of amides is 5. The first kappa shape index (κ1) is 46.9. The predicted molar refractivity (Wildman–Crippen MR) is 229 cm³/mol. The number of nitrogens with one attached hydrogen (secondary N) is 4. The van der Waals surface area contributed by atoms with E-state index in [1.165, 1.54) is 0 Å². The van der Waals surface area contributed by atoms with Crippen molar-refractivity contribution >= 4 is 41.4 Å². The monoisotopic (exact) mass is 827 g/mol. The highest BCUT2D eigenvalue weighted by atomic mass is 16.6.